The molecule has 0 bridgehead atoms. The molecule has 146 valence electrons. The molecule has 6 heteroatoms. The van der Waals surface area contributed by atoms with Crippen molar-refractivity contribution in [3.05, 3.63) is 45.9 Å². The van der Waals surface area contributed by atoms with Gasteiger partial charge in [-0.25, -0.2) is 9.78 Å². The van der Waals surface area contributed by atoms with Gasteiger partial charge in [0.25, 0.3) is 0 Å². The first-order chi connectivity index (χ1) is 13.1. The molecule has 2 aromatic rings. The van der Waals surface area contributed by atoms with Crippen LogP contribution in [0.15, 0.2) is 29.6 Å². The maximum absolute atomic E-state index is 12.1. The van der Waals surface area contributed by atoms with E-state index >= 15 is 0 Å². The third-order valence-corrected chi connectivity index (χ3v) is 5.13. The number of aryl methyl sites for hydroxylation is 1. The Morgan fingerprint density at radius 3 is 2.44 bits per heavy atom. The predicted octanol–water partition coefficient (Wildman–Crippen LogP) is 5.09. The van der Waals surface area contributed by atoms with Crippen LogP contribution in [-0.4, -0.2) is 30.5 Å². The van der Waals surface area contributed by atoms with Gasteiger partial charge in [0.2, 0.25) is 5.78 Å². The van der Waals surface area contributed by atoms with Crippen molar-refractivity contribution < 1.29 is 19.1 Å². The number of methoxy groups -OCH3 is 1. The van der Waals surface area contributed by atoms with E-state index in [1.54, 1.807) is 0 Å². The Hall–Kier alpha value is -2.21. The molecule has 5 nitrogen and oxygen atoms in total. The van der Waals surface area contributed by atoms with Crippen LogP contribution in [0.5, 0.6) is 5.75 Å². The first-order valence-corrected chi connectivity index (χ1v) is 10.3. The number of carbonyl (C=O) groups excluding carboxylic acids is 2. The summed E-state index contributed by atoms with van der Waals surface area (Å²) in [5, 5.41) is 1.76. The van der Waals surface area contributed by atoms with E-state index in [1.807, 2.05) is 24.3 Å². The molecule has 0 atom stereocenters. The minimum absolute atomic E-state index is 0.106. The second-order valence-electron chi connectivity index (χ2n) is 6.40. The lowest BCUT2D eigenvalue weighted by molar-refractivity contribution is 0.0595. The SMILES string of the molecule is CCCCCCCCc1ccc(OCC(=O)c2nc(C(=O)OC)cs2)cc1. The Labute approximate surface area is 164 Å². The highest BCUT2D eigenvalue weighted by molar-refractivity contribution is 7.12. The average Bonchev–Trinajstić information content (AvgIpc) is 3.19. The molecule has 0 saturated carbocycles. The molecule has 1 aromatic carbocycles. The number of esters is 1. The van der Waals surface area contributed by atoms with E-state index in [0.29, 0.717) is 5.75 Å². The van der Waals surface area contributed by atoms with Crippen molar-refractivity contribution in [1.82, 2.24) is 4.98 Å². The van der Waals surface area contributed by atoms with E-state index in [4.69, 9.17) is 4.74 Å². The van der Waals surface area contributed by atoms with Gasteiger partial charge in [-0.1, -0.05) is 51.2 Å². The van der Waals surface area contributed by atoms with E-state index in [-0.39, 0.29) is 23.1 Å². The van der Waals surface area contributed by atoms with Crippen molar-refractivity contribution in [2.24, 2.45) is 0 Å². The van der Waals surface area contributed by atoms with Crippen LogP contribution in [0.1, 0.15) is 71.3 Å². The molecule has 0 aliphatic rings. The van der Waals surface area contributed by atoms with Crippen LogP contribution < -0.4 is 4.74 Å². The number of aromatic nitrogens is 1. The number of benzene rings is 1. The summed E-state index contributed by atoms with van der Waals surface area (Å²) >= 11 is 1.11. The first kappa shape index (κ1) is 21.1. The van der Waals surface area contributed by atoms with E-state index in [1.165, 1.54) is 56.6 Å². The van der Waals surface area contributed by atoms with Crippen molar-refractivity contribution in [3.8, 4) is 5.75 Å². The monoisotopic (exact) mass is 389 g/mol. The summed E-state index contributed by atoms with van der Waals surface area (Å²) < 4.78 is 10.1. The van der Waals surface area contributed by atoms with E-state index in [2.05, 4.69) is 16.6 Å². The van der Waals surface area contributed by atoms with Crippen LogP contribution in [0, 0.1) is 0 Å². The summed E-state index contributed by atoms with van der Waals surface area (Å²) in [4.78, 5) is 27.5. The lowest BCUT2D eigenvalue weighted by Crippen LogP contribution is -2.12. The molecule has 27 heavy (non-hydrogen) atoms. The molecule has 0 fully saturated rings. The maximum Gasteiger partial charge on any atom is 0.357 e. The number of hydrogen-bond acceptors (Lipinski definition) is 6. The molecule has 1 heterocycles. The fourth-order valence-electron chi connectivity index (χ4n) is 2.67. The highest BCUT2D eigenvalue weighted by Crippen LogP contribution is 2.16. The largest absolute Gasteiger partial charge is 0.485 e. The zero-order valence-electron chi connectivity index (χ0n) is 16.0. The van der Waals surface area contributed by atoms with Crippen molar-refractivity contribution in [2.45, 2.75) is 51.9 Å². The third-order valence-electron chi connectivity index (χ3n) is 4.25. The van der Waals surface area contributed by atoms with Gasteiger partial charge in [-0.15, -0.1) is 11.3 Å². The highest BCUT2D eigenvalue weighted by Gasteiger charge is 2.16. The standard InChI is InChI=1S/C21H27NO4S/c1-3-4-5-6-7-8-9-16-10-12-17(13-11-16)26-14-19(23)20-22-18(15-27-20)21(24)25-2/h10-13,15H,3-9,14H2,1-2H3. The molecule has 0 unspecified atom stereocenters. The molecule has 0 N–H and O–H groups in total. The predicted molar refractivity (Wildman–Crippen MR) is 107 cm³/mol. The number of thiazole rings is 1. The van der Waals surface area contributed by atoms with Gasteiger partial charge in [-0.05, 0) is 30.5 Å². The number of hydrogen-bond donors (Lipinski definition) is 0. The average molecular weight is 390 g/mol. The molecule has 0 amide bonds. The zero-order chi connectivity index (χ0) is 19.5. The number of Topliss-reactive ketones (excluding diaryl/α,β-unsaturated/α-hetero) is 1. The molecule has 0 saturated heterocycles. The van der Waals surface area contributed by atoms with Crippen LogP contribution in [0.3, 0.4) is 0 Å². The minimum Gasteiger partial charge on any atom is -0.485 e. The minimum atomic E-state index is -0.549. The van der Waals surface area contributed by atoms with Crippen LogP contribution in [0.2, 0.25) is 0 Å². The normalized spacial score (nSPS) is 10.6. The van der Waals surface area contributed by atoms with Gasteiger partial charge < -0.3 is 9.47 Å². The second-order valence-corrected chi connectivity index (χ2v) is 7.26. The molecule has 0 aliphatic heterocycles. The Bertz CT molecular complexity index is 724. The summed E-state index contributed by atoms with van der Waals surface area (Å²) in [6.45, 7) is 2.12. The van der Waals surface area contributed by atoms with Crippen molar-refractivity contribution >= 4 is 23.1 Å². The lowest BCUT2D eigenvalue weighted by atomic mass is 10.0. The van der Waals surface area contributed by atoms with Crippen LogP contribution >= 0.6 is 11.3 Å². The Morgan fingerprint density at radius 2 is 1.74 bits per heavy atom. The summed E-state index contributed by atoms with van der Waals surface area (Å²) in [6.07, 6.45) is 8.79. The number of nitrogens with zero attached hydrogens (tertiary/aromatic N) is 1. The molecular weight excluding hydrogens is 362 g/mol. The van der Waals surface area contributed by atoms with Gasteiger partial charge in [-0.3, -0.25) is 4.79 Å². The number of unbranched alkanes of at least 4 members (excludes halogenated alkanes) is 5. The molecule has 0 spiro atoms. The Balaban J connectivity index is 1.73. The van der Waals surface area contributed by atoms with E-state index in [9.17, 15) is 9.59 Å². The Morgan fingerprint density at radius 1 is 1.04 bits per heavy atom. The molecule has 1 aromatic heterocycles. The number of ether oxygens (including phenoxy) is 2. The van der Waals surface area contributed by atoms with Crippen molar-refractivity contribution in [3.63, 3.8) is 0 Å². The van der Waals surface area contributed by atoms with E-state index < -0.39 is 5.97 Å². The van der Waals surface area contributed by atoms with Gasteiger partial charge in [0, 0.05) is 5.38 Å². The molecule has 0 aliphatic carbocycles. The van der Waals surface area contributed by atoms with Gasteiger partial charge in [0.15, 0.2) is 17.3 Å². The number of rotatable bonds is 12. The third kappa shape index (κ3) is 7.13. The fourth-order valence-corrected chi connectivity index (χ4v) is 3.39. The topological polar surface area (TPSA) is 65.5 Å². The summed E-state index contributed by atoms with van der Waals surface area (Å²) in [5.41, 5.74) is 1.43. The summed E-state index contributed by atoms with van der Waals surface area (Å²) in [5.74, 6) is -0.154. The lowest BCUT2D eigenvalue weighted by Gasteiger charge is -2.06. The van der Waals surface area contributed by atoms with Crippen LogP contribution in [0.25, 0.3) is 0 Å². The molecular formula is C21H27NO4S. The number of carbonyl (C=O) groups is 2. The maximum atomic E-state index is 12.1. The van der Waals surface area contributed by atoms with Gasteiger partial charge in [0.05, 0.1) is 7.11 Å². The smallest absolute Gasteiger partial charge is 0.357 e. The van der Waals surface area contributed by atoms with E-state index in [0.717, 1.165) is 17.8 Å². The summed E-state index contributed by atoms with van der Waals surface area (Å²) in [7, 11) is 1.28. The molecule has 2 rings (SSSR count). The van der Waals surface area contributed by atoms with Crippen LogP contribution in [0.4, 0.5) is 0 Å². The van der Waals surface area contributed by atoms with Crippen molar-refractivity contribution in [1.29, 1.82) is 0 Å². The van der Waals surface area contributed by atoms with Crippen molar-refractivity contribution in [2.75, 3.05) is 13.7 Å². The number of ketones is 1. The second kappa shape index (κ2) is 11.5. The fraction of sp³-hybridized carbons (Fsp3) is 0.476. The van der Waals surface area contributed by atoms with Gasteiger partial charge in [0.1, 0.15) is 5.75 Å². The quantitative estimate of drug-likeness (QED) is 0.287. The first-order valence-electron chi connectivity index (χ1n) is 9.42. The zero-order valence-corrected chi connectivity index (χ0v) is 16.8. The van der Waals surface area contributed by atoms with Gasteiger partial charge >= 0.3 is 5.97 Å². The van der Waals surface area contributed by atoms with Crippen LogP contribution in [-0.2, 0) is 11.2 Å². The molecule has 0 radical (unpaired) electrons. The highest BCUT2D eigenvalue weighted by atomic mass is 32.1. The van der Waals surface area contributed by atoms with Gasteiger partial charge in [-0.2, -0.15) is 0 Å². The summed E-state index contributed by atoms with van der Waals surface area (Å²) in [6, 6.07) is 7.87. The Kier molecular flexibility index (Phi) is 8.98.